The number of hydrogen-bond acceptors (Lipinski definition) is 3. The van der Waals surface area contributed by atoms with Gasteiger partial charge in [-0.05, 0) is 41.8 Å². The van der Waals surface area contributed by atoms with Gasteiger partial charge in [0.2, 0.25) is 10.0 Å². The monoisotopic (exact) mass is 373 g/mol. The summed E-state index contributed by atoms with van der Waals surface area (Å²) in [5.74, 6) is -0.310. The summed E-state index contributed by atoms with van der Waals surface area (Å²) in [4.78, 5) is 0.143. The Morgan fingerprint density at radius 2 is 1.48 bits per heavy atom. The van der Waals surface area contributed by atoms with Gasteiger partial charge in [0, 0.05) is 6.54 Å². The Kier molecular flexibility index (Phi) is 6.07. The van der Waals surface area contributed by atoms with E-state index in [4.69, 9.17) is 0 Å². The minimum atomic E-state index is -4.73. The molecular weight excluding hydrogens is 355 g/mol. The number of ether oxygens (including phenoxy) is 1. The second-order valence-electron chi connectivity index (χ2n) is 5.35. The van der Waals surface area contributed by atoms with Crippen molar-refractivity contribution in [1.82, 2.24) is 4.72 Å². The predicted octanol–water partition coefficient (Wildman–Crippen LogP) is 4.33. The molecule has 0 aliphatic rings. The topological polar surface area (TPSA) is 55.4 Å². The van der Waals surface area contributed by atoms with Gasteiger partial charge >= 0.3 is 6.36 Å². The lowest BCUT2D eigenvalue weighted by molar-refractivity contribution is -0.274. The molecule has 0 radical (unpaired) electrons. The number of halogens is 3. The normalized spacial score (nSPS) is 12.2. The average Bonchev–Trinajstić information content (AvgIpc) is 2.54. The van der Waals surface area contributed by atoms with Gasteiger partial charge in [0.15, 0.2) is 0 Å². The lowest BCUT2D eigenvalue weighted by atomic mass is 10.1. The predicted molar refractivity (Wildman–Crippen MR) is 88.7 cm³/mol. The minimum Gasteiger partial charge on any atom is -0.406 e. The highest BCUT2D eigenvalue weighted by atomic mass is 32.2. The molecule has 0 saturated carbocycles. The fourth-order valence-corrected chi connectivity index (χ4v) is 3.22. The molecule has 0 spiro atoms. The van der Waals surface area contributed by atoms with E-state index in [1.807, 2.05) is 6.92 Å². The summed E-state index contributed by atoms with van der Waals surface area (Å²) in [7, 11) is -3.55. The maximum atomic E-state index is 12.1. The molecule has 0 aromatic heterocycles. The van der Waals surface area contributed by atoms with Crippen molar-refractivity contribution in [3.8, 4) is 16.9 Å². The van der Waals surface area contributed by atoms with Crippen LogP contribution in [0.5, 0.6) is 5.75 Å². The van der Waals surface area contributed by atoms with Gasteiger partial charge in [-0.2, -0.15) is 0 Å². The van der Waals surface area contributed by atoms with Crippen LogP contribution < -0.4 is 9.46 Å². The Bertz CT molecular complexity index is 785. The van der Waals surface area contributed by atoms with Crippen LogP contribution in [0.1, 0.15) is 19.8 Å². The Hall–Kier alpha value is -2.06. The van der Waals surface area contributed by atoms with Crippen LogP contribution in [-0.4, -0.2) is 21.3 Å². The van der Waals surface area contributed by atoms with Gasteiger partial charge < -0.3 is 4.74 Å². The molecule has 0 saturated heterocycles. The zero-order valence-corrected chi connectivity index (χ0v) is 14.3. The van der Waals surface area contributed by atoms with Gasteiger partial charge in [-0.15, -0.1) is 13.2 Å². The van der Waals surface area contributed by atoms with Crippen molar-refractivity contribution < 1.29 is 26.3 Å². The molecule has 8 heteroatoms. The average molecular weight is 373 g/mol. The number of benzene rings is 2. The van der Waals surface area contributed by atoms with Crippen molar-refractivity contribution >= 4 is 10.0 Å². The van der Waals surface area contributed by atoms with E-state index in [1.54, 1.807) is 12.1 Å². The van der Waals surface area contributed by atoms with E-state index < -0.39 is 16.4 Å². The largest absolute Gasteiger partial charge is 0.573 e. The Labute approximate surface area is 144 Å². The van der Waals surface area contributed by atoms with E-state index in [1.165, 1.54) is 36.4 Å². The summed E-state index contributed by atoms with van der Waals surface area (Å²) in [5, 5.41) is 0. The summed E-state index contributed by atoms with van der Waals surface area (Å²) in [6.45, 7) is 2.34. The van der Waals surface area contributed by atoms with Crippen LogP contribution in [0.25, 0.3) is 11.1 Å². The van der Waals surface area contributed by atoms with Crippen molar-refractivity contribution in [3.63, 3.8) is 0 Å². The summed E-state index contributed by atoms with van der Waals surface area (Å²) in [5.41, 5.74) is 1.34. The number of alkyl halides is 3. The van der Waals surface area contributed by atoms with Crippen LogP contribution >= 0.6 is 0 Å². The first kappa shape index (κ1) is 19.3. The highest BCUT2D eigenvalue weighted by molar-refractivity contribution is 7.89. The van der Waals surface area contributed by atoms with Gasteiger partial charge in [-0.25, -0.2) is 13.1 Å². The molecule has 1 N–H and O–H groups in total. The third-order valence-corrected chi connectivity index (χ3v) is 4.89. The first-order valence-corrected chi connectivity index (χ1v) is 9.15. The SMILES string of the molecule is CCCCNS(=O)(=O)c1ccc(-c2ccc(OC(F)(F)F)cc2)cc1. The van der Waals surface area contributed by atoms with E-state index in [0.29, 0.717) is 17.7 Å². The van der Waals surface area contributed by atoms with Gasteiger partial charge in [0.25, 0.3) is 0 Å². The molecule has 2 rings (SSSR count). The smallest absolute Gasteiger partial charge is 0.406 e. The molecule has 0 heterocycles. The quantitative estimate of drug-likeness (QED) is 0.735. The molecule has 0 aliphatic carbocycles. The van der Waals surface area contributed by atoms with Crippen molar-refractivity contribution in [2.75, 3.05) is 6.54 Å². The third kappa shape index (κ3) is 5.75. The second kappa shape index (κ2) is 7.88. The number of rotatable bonds is 7. The van der Waals surface area contributed by atoms with Crippen LogP contribution in [0.3, 0.4) is 0 Å². The van der Waals surface area contributed by atoms with Gasteiger partial charge in [-0.1, -0.05) is 37.6 Å². The molecule has 0 amide bonds. The van der Waals surface area contributed by atoms with Crippen molar-refractivity contribution in [1.29, 1.82) is 0 Å². The van der Waals surface area contributed by atoms with E-state index >= 15 is 0 Å². The first-order valence-electron chi connectivity index (χ1n) is 7.67. The van der Waals surface area contributed by atoms with Crippen molar-refractivity contribution in [2.24, 2.45) is 0 Å². The van der Waals surface area contributed by atoms with Crippen molar-refractivity contribution in [3.05, 3.63) is 48.5 Å². The van der Waals surface area contributed by atoms with E-state index in [2.05, 4.69) is 9.46 Å². The first-order chi connectivity index (χ1) is 11.7. The minimum absolute atomic E-state index is 0.143. The Balaban J connectivity index is 2.12. The molecule has 0 atom stereocenters. The molecule has 136 valence electrons. The molecule has 0 aliphatic heterocycles. The maximum absolute atomic E-state index is 12.1. The fraction of sp³-hybridized carbons (Fsp3) is 0.294. The molecule has 0 bridgehead atoms. The Morgan fingerprint density at radius 3 is 1.96 bits per heavy atom. The Morgan fingerprint density at radius 1 is 0.960 bits per heavy atom. The molecular formula is C17H18F3NO3S. The fourth-order valence-electron chi connectivity index (χ4n) is 2.14. The highest BCUT2D eigenvalue weighted by Crippen LogP contribution is 2.27. The second-order valence-corrected chi connectivity index (χ2v) is 7.11. The van der Waals surface area contributed by atoms with Crippen LogP contribution in [-0.2, 0) is 10.0 Å². The zero-order chi connectivity index (χ0) is 18.5. The van der Waals surface area contributed by atoms with Gasteiger partial charge in [0.05, 0.1) is 4.90 Å². The van der Waals surface area contributed by atoms with Crippen LogP contribution in [0.2, 0.25) is 0 Å². The lowest BCUT2D eigenvalue weighted by Crippen LogP contribution is -2.24. The summed E-state index contributed by atoms with van der Waals surface area (Å²) in [6.07, 6.45) is -3.10. The highest BCUT2D eigenvalue weighted by Gasteiger charge is 2.30. The number of unbranched alkanes of at least 4 members (excludes halogenated alkanes) is 1. The van der Waals surface area contributed by atoms with Gasteiger partial charge in [0.1, 0.15) is 5.75 Å². The molecule has 25 heavy (non-hydrogen) atoms. The maximum Gasteiger partial charge on any atom is 0.573 e. The summed E-state index contributed by atoms with van der Waals surface area (Å²) in [6, 6.07) is 11.5. The van der Waals surface area contributed by atoms with Crippen LogP contribution in [0.15, 0.2) is 53.4 Å². The third-order valence-electron chi connectivity index (χ3n) is 3.41. The molecule has 2 aromatic rings. The van der Waals surface area contributed by atoms with E-state index in [0.717, 1.165) is 12.8 Å². The van der Waals surface area contributed by atoms with Crippen LogP contribution in [0, 0.1) is 0 Å². The molecule has 2 aromatic carbocycles. The lowest BCUT2D eigenvalue weighted by Gasteiger charge is -2.10. The van der Waals surface area contributed by atoms with Gasteiger partial charge in [-0.3, -0.25) is 0 Å². The van der Waals surface area contributed by atoms with E-state index in [-0.39, 0.29) is 10.6 Å². The zero-order valence-electron chi connectivity index (χ0n) is 13.5. The molecule has 0 fully saturated rings. The standard InChI is InChI=1S/C17H18F3NO3S/c1-2-3-12-21-25(22,23)16-10-6-14(7-11-16)13-4-8-15(9-5-13)24-17(18,19)20/h4-11,21H,2-3,12H2,1H3. The summed E-state index contributed by atoms with van der Waals surface area (Å²) >= 11 is 0. The number of hydrogen-bond donors (Lipinski definition) is 1. The number of sulfonamides is 1. The van der Waals surface area contributed by atoms with E-state index in [9.17, 15) is 21.6 Å². The summed E-state index contributed by atoms with van der Waals surface area (Å²) < 4.78 is 67.0. The van der Waals surface area contributed by atoms with Crippen LogP contribution in [0.4, 0.5) is 13.2 Å². The molecule has 0 unspecified atom stereocenters. The number of nitrogens with one attached hydrogen (secondary N) is 1. The van der Waals surface area contributed by atoms with Crippen molar-refractivity contribution in [2.45, 2.75) is 31.0 Å². The molecule has 4 nitrogen and oxygen atoms in total.